The lowest BCUT2D eigenvalue weighted by molar-refractivity contribution is 0.317. The van der Waals surface area contributed by atoms with Gasteiger partial charge in [0.15, 0.2) is 0 Å². The summed E-state index contributed by atoms with van der Waals surface area (Å²) >= 11 is 0. The van der Waals surface area contributed by atoms with E-state index in [0.717, 1.165) is 6.42 Å². The molecule has 1 heterocycles. The van der Waals surface area contributed by atoms with Gasteiger partial charge in [0.25, 0.3) is 0 Å². The average molecular weight is 261 g/mol. The summed E-state index contributed by atoms with van der Waals surface area (Å²) in [5, 5.41) is 0. The lowest BCUT2D eigenvalue weighted by Crippen LogP contribution is -2.01. The molecule has 0 bridgehead atoms. The van der Waals surface area contributed by atoms with Crippen LogP contribution in [0.25, 0.3) is 11.1 Å². The number of nitrogen functional groups attached to an aromatic ring is 2. The van der Waals surface area contributed by atoms with E-state index in [0.29, 0.717) is 35.1 Å². The third-order valence-corrected chi connectivity index (χ3v) is 2.64. The van der Waals surface area contributed by atoms with Crippen molar-refractivity contribution in [2.24, 2.45) is 0 Å². The molecule has 1 aromatic heterocycles. The molecule has 4 N–H and O–H groups in total. The molecular weight excluding hydrogens is 245 g/mol. The monoisotopic (exact) mass is 261 g/mol. The fourth-order valence-corrected chi connectivity index (χ4v) is 1.77. The predicted molar refractivity (Wildman–Crippen MR) is 74.2 cm³/mol. The zero-order valence-electron chi connectivity index (χ0n) is 10.7. The van der Waals surface area contributed by atoms with Gasteiger partial charge in [0.05, 0.1) is 6.61 Å². The molecule has 2 aromatic rings. The average Bonchev–Trinajstić information content (AvgIpc) is 2.37. The van der Waals surface area contributed by atoms with Crippen LogP contribution in [0.5, 0.6) is 5.75 Å². The third kappa shape index (κ3) is 2.93. The molecule has 2 rings (SSSR count). The number of halogens is 1. The number of nitrogens with zero attached hydrogens (tertiary/aromatic N) is 1. The zero-order valence-corrected chi connectivity index (χ0v) is 10.7. The molecule has 0 aliphatic rings. The first-order valence-electron chi connectivity index (χ1n) is 6.06. The highest BCUT2D eigenvalue weighted by atomic mass is 19.1. The van der Waals surface area contributed by atoms with Crippen molar-refractivity contribution < 1.29 is 9.13 Å². The summed E-state index contributed by atoms with van der Waals surface area (Å²) in [6.07, 6.45) is 0.839. The predicted octanol–water partition coefficient (Wildman–Crippen LogP) is 2.84. The van der Waals surface area contributed by atoms with Gasteiger partial charge in [-0.15, -0.1) is 0 Å². The van der Waals surface area contributed by atoms with Gasteiger partial charge in [-0.3, -0.25) is 0 Å². The Morgan fingerprint density at radius 2 is 1.89 bits per heavy atom. The van der Waals surface area contributed by atoms with E-state index in [1.165, 1.54) is 12.1 Å². The summed E-state index contributed by atoms with van der Waals surface area (Å²) in [5.74, 6) is 0.754. The molecule has 0 unspecified atom stereocenters. The Balaban J connectivity index is 2.48. The molecular formula is C14H16FN3O. The van der Waals surface area contributed by atoms with Crippen molar-refractivity contribution in [3.63, 3.8) is 0 Å². The van der Waals surface area contributed by atoms with E-state index in [-0.39, 0.29) is 5.82 Å². The third-order valence-electron chi connectivity index (χ3n) is 2.64. The molecule has 5 heteroatoms. The van der Waals surface area contributed by atoms with Crippen molar-refractivity contribution >= 4 is 11.6 Å². The summed E-state index contributed by atoms with van der Waals surface area (Å²) in [4.78, 5) is 4.00. The molecule has 4 nitrogen and oxygen atoms in total. The van der Waals surface area contributed by atoms with Crippen molar-refractivity contribution in [3.8, 4) is 16.9 Å². The maximum atomic E-state index is 13.3. The minimum absolute atomic E-state index is 0.299. The van der Waals surface area contributed by atoms with E-state index >= 15 is 0 Å². The number of rotatable bonds is 4. The summed E-state index contributed by atoms with van der Waals surface area (Å²) < 4.78 is 18.9. The van der Waals surface area contributed by atoms with Crippen LogP contribution in [0.15, 0.2) is 30.3 Å². The fourth-order valence-electron chi connectivity index (χ4n) is 1.77. The van der Waals surface area contributed by atoms with Crippen LogP contribution in [-0.2, 0) is 0 Å². The maximum absolute atomic E-state index is 13.3. The normalized spacial score (nSPS) is 10.4. The van der Waals surface area contributed by atoms with Gasteiger partial charge < -0.3 is 16.2 Å². The van der Waals surface area contributed by atoms with Crippen LogP contribution in [0.2, 0.25) is 0 Å². The van der Waals surface area contributed by atoms with Crippen molar-refractivity contribution in [2.45, 2.75) is 13.3 Å². The number of ether oxygens (including phenoxy) is 1. The summed E-state index contributed by atoms with van der Waals surface area (Å²) in [6, 6.07) is 7.75. The van der Waals surface area contributed by atoms with Crippen LogP contribution >= 0.6 is 0 Å². The quantitative estimate of drug-likeness (QED) is 0.887. The van der Waals surface area contributed by atoms with E-state index in [1.54, 1.807) is 18.2 Å². The van der Waals surface area contributed by atoms with E-state index in [1.807, 2.05) is 6.92 Å². The van der Waals surface area contributed by atoms with Crippen LogP contribution in [0.4, 0.5) is 16.0 Å². The molecule has 0 saturated heterocycles. The minimum atomic E-state index is -0.350. The van der Waals surface area contributed by atoms with Crippen LogP contribution in [0, 0.1) is 5.82 Å². The van der Waals surface area contributed by atoms with Gasteiger partial charge in [0, 0.05) is 17.2 Å². The second kappa shape index (κ2) is 5.56. The summed E-state index contributed by atoms with van der Waals surface area (Å²) in [7, 11) is 0. The van der Waals surface area contributed by atoms with Crippen LogP contribution in [-0.4, -0.2) is 11.6 Å². The highest BCUT2D eigenvalue weighted by Gasteiger charge is 2.11. The molecule has 0 spiro atoms. The first-order valence-corrected chi connectivity index (χ1v) is 6.06. The topological polar surface area (TPSA) is 74.2 Å². The van der Waals surface area contributed by atoms with Gasteiger partial charge in [0.2, 0.25) is 0 Å². The first kappa shape index (κ1) is 13.1. The van der Waals surface area contributed by atoms with Gasteiger partial charge in [-0.05, 0) is 30.7 Å². The number of pyridine rings is 1. The highest BCUT2D eigenvalue weighted by Crippen LogP contribution is 2.34. The molecule has 0 atom stereocenters. The van der Waals surface area contributed by atoms with Gasteiger partial charge in [-0.1, -0.05) is 6.92 Å². The number of hydrogen-bond acceptors (Lipinski definition) is 4. The second-order valence-electron chi connectivity index (χ2n) is 4.16. The van der Waals surface area contributed by atoms with E-state index in [2.05, 4.69) is 4.98 Å². The van der Waals surface area contributed by atoms with Gasteiger partial charge in [-0.25, -0.2) is 9.37 Å². The molecule has 1 aromatic carbocycles. The molecule has 0 fully saturated rings. The van der Waals surface area contributed by atoms with E-state index < -0.39 is 0 Å². The van der Waals surface area contributed by atoms with Gasteiger partial charge in [-0.2, -0.15) is 0 Å². The number of benzene rings is 1. The Morgan fingerprint density at radius 3 is 2.58 bits per heavy atom. The Bertz CT molecular complexity index is 587. The number of nitrogens with two attached hydrogens (primary N) is 2. The van der Waals surface area contributed by atoms with E-state index in [9.17, 15) is 4.39 Å². The molecule has 100 valence electrons. The van der Waals surface area contributed by atoms with Crippen LogP contribution in [0.1, 0.15) is 13.3 Å². The number of anilines is 2. The van der Waals surface area contributed by atoms with Crippen molar-refractivity contribution in [1.29, 1.82) is 0 Å². The van der Waals surface area contributed by atoms with Crippen molar-refractivity contribution in [1.82, 2.24) is 4.98 Å². The second-order valence-corrected chi connectivity index (χ2v) is 4.16. The molecule has 0 saturated carbocycles. The van der Waals surface area contributed by atoms with Crippen LogP contribution < -0.4 is 16.2 Å². The Hall–Kier alpha value is -2.30. The molecule has 0 aliphatic carbocycles. The first-order chi connectivity index (χ1) is 9.11. The SMILES string of the molecule is CCCOc1cc(F)ccc1-c1ccc(N)nc1N. The Morgan fingerprint density at radius 1 is 1.16 bits per heavy atom. The summed E-state index contributed by atoms with van der Waals surface area (Å²) in [5.41, 5.74) is 12.8. The Labute approximate surface area is 111 Å². The standard InChI is InChI=1S/C14H16FN3O/c1-2-7-19-12-8-9(15)3-4-10(12)11-5-6-13(16)18-14(11)17/h3-6,8H,2,7H2,1H3,(H4,16,17,18). The van der Waals surface area contributed by atoms with Crippen molar-refractivity contribution in [2.75, 3.05) is 18.1 Å². The Kier molecular flexibility index (Phi) is 3.85. The van der Waals surface area contributed by atoms with Crippen molar-refractivity contribution in [3.05, 3.63) is 36.1 Å². The largest absolute Gasteiger partial charge is 0.493 e. The minimum Gasteiger partial charge on any atom is -0.493 e. The zero-order chi connectivity index (χ0) is 13.8. The smallest absolute Gasteiger partial charge is 0.133 e. The highest BCUT2D eigenvalue weighted by molar-refractivity contribution is 5.79. The molecule has 19 heavy (non-hydrogen) atoms. The lowest BCUT2D eigenvalue weighted by Gasteiger charge is -2.12. The fraction of sp³-hybridized carbons (Fsp3) is 0.214. The molecule has 0 radical (unpaired) electrons. The van der Waals surface area contributed by atoms with Gasteiger partial charge >= 0.3 is 0 Å². The maximum Gasteiger partial charge on any atom is 0.133 e. The lowest BCUT2D eigenvalue weighted by atomic mass is 10.1. The molecule has 0 aliphatic heterocycles. The van der Waals surface area contributed by atoms with Crippen LogP contribution in [0.3, 0.4) is 0 Å². The molecule has 0 amide bonds. The van der Waals surface area contributed by atoms with E-state index in [4.69, 9.17) is 16.2 Å². The number of hydrogen-bond donors (Lipinski definition) is 2. The van der Waals surface area contributed by atoms with Gasteiger partial charge in [0.1, 0.15) is 23.2 Å². The number of aromatic nitrogens is 1. The summed E-state index contributed by atoms with van der Waals surface area (Å²) in [6.45, 7) is 2.50.